The van der Waals surface area contributed by atoms with Gasteiger partial charge in [0.25, 0.3) is 5.91 Å². The number of primary amides is 1. The molecule has 0 fully saturated rings. The van der Waals surface area contributed by atoms with Crippen LogP contribution < -0.4 is 11.5 Å². The first kappa shape index (κ1) is 14.1. The number of para-hydroxylation sites is 1. The van der Waals surface area contributed by atoms with Gasteiger partial charge in [-0.2, -0.15) is 0 Å². The molecule has 0 aliphatic heterocycles. The number of rotatable bonds is 3. The SMILES string of the molecule is NC(=O)c1cccc(Sc2cc(Cl)ccc2Cl)c1N. The van der Waals surface area contributed by atoms with E-state index >= 15 is 0 Å². The quantitative estimate of drug-likeness (QED) is 0.846. The Balaban J connectivity index is 2.41. The van der Waals surface area contributed by atoms with Crippen molar-refractivity contribution in [2.24, 2.45) is 5.73 Å². The van der Waals surface area contributed by atoms with Gasteiger partial charge in [-0.25, -0.2) is 0 Å². The highest BCUT2D eigenvalue weighted by atomic mass is 35.5. The molecule has 2 rings (SSSR count). The molecule has 0 unspecified atom stereocenters. The van der Waals surface area contributed by atoms with E-state index in [0.29, 0.717) is 26.2 Å². The molecule has 0 spiro atoms. The normalized spacial score (nSPS) is 10.4. The zero-order valence-electron chi connectivity index (χ0n) is 9.69. The van der Waals surface area contributed by atoms with Crippen molar-refractivity contribution in [3.8, 4) is 0 Å². The average Bonchev–Trinajstić information content (AvgIpc) is 2.36. The standard InChI is InChI=1S/C13H10Cl2N2OS/c14-7-4-5-9(15)11(6-7)19-10-3-1-2-8(12(10)16)13(17)18/h1-6H,16H2,(H2,17,18). The van der Waals surface area contributed by atoms with Crippen LogP contribution in [-0.4, -0.2) is 5.91 Å². The number of amides is 1. The third-order valence-electron chi connectivity index (χ3n) is 2.44. The van der Waals surface area contributed by atoms with Crippen molar-refractivity contribution in [2.45, 2.75) is 9.79 Å². The number of hydrogen-bond donors (Lipinski definition) is 2. The third-order valence-corrected chi connectivity index (χ3v) is 4.26. The van der Waals surface area contributed by atoms with Crippen molar-refractivity contribution in [1.82, 2.24) is 0 Å². The molecule has 0 aromatic heterocycles. The Morgan fingerprint density at radius 3 is 2.53 bits per heavy atom. The number of halogens is 2. The van der Waals surface area contributed by atoms with Crippen LogP contribution in [0.3, 0.4) is 0 Å². The summed E-state index contributed by atoms with van der Waals surface area (Å²) in [5.41, 5.74) is 11.8. The highest BCUT2D eigenvalue weighted by Gasteiger charge is 2.12. The molecule has 1 amide bonds. The van der Waals surface area contributed by atoms with Gasteiger partial charge in [-0.3, -0.25) is 4.79 Å². The molecule has 3 nitrogen and oxygen atoms in total. The molecule has 0 aliphatic carbocycles. The van der Waals surface area contributed by atoms with Crippen LogP contribution in [-0.2, 0) is 0 Å². The molecule has 2 aromatic carbocycles. The Bertz CT molecular complexity index is 647. The monoisotopic (exact) mass is 312 g/mol. The summed E-state index contributed by atoms with van der Waals surface area (Å²) >= 11 is 13.4. The number of nitrogens with two attached hydrogens (primary N) is 2. The van der Waals surface area contributed by atoms with Crippen LogP contribution in [0.15, 0.2) is 46.2 Å². The van der Waals surface area contributed by atoms with Crippen LogP contribution >= 0.6 is 35.0 Å². The second kappa shape index (κ2) is 5.74. The zero-order chi connectivity index (χ0) is 14.0. The predicted molar refractivity (Wildman–Crippen MR) is 80.0 cm³/mol. The molecular formula is C13H10Cl2N2OS. The lowest BCUT2D eigenvalue weighted by Gasteiger charge is -2.09. The van der Waals surface area contributed by atoms with E-state index in [4.69, 9.17) is 34.7 Å². The Morgan fingerprint density at radius 2 is 1.84 bits per heavy atom. The zero-order valence-corrected chi connectivity index (χ0v) is 12.0. The average molecular weight is 313 g/mol. The van der Waals surface area contributed by atoms with Crippen molar-refractivity contribution in [3.05, 3.63) is 52.0 Å². The van der Waals surface area contributed by atoms with Gasteiger partial charge in [-0.1, -0.05) is 41.0 Å². The summed E-state index contributed by atoms with van der Waals surface area (Å²) in [6, 6.07) is 10.3. The molecule has 2 aromatic rings. The smallest absolute Gasteiger partial charge is 0.250 e. The van der Waals surface area contributed by atoms with Crippen molar-refractivity contribution in [3.63, 3.8) is 0 Å². The van der Waals surface area contributed by atoms with Gasteiger partial charge in [0.05, 0.1) is 16.3 Å². The minimum absolute atomic E-state index is 0.295. The topological polar surface area (TPSA) is 69.1 Å². The number of benzene rings is 2. The highest BCUT2D eigenvalue weighted by molar-refractivity contribution is 7.99. The predicted octanol–water partition coefficient (Wildman–Crippen LogP) is 3.83. The van der Waals surface area contributed by atoms with Crippen molar-refractivity contribution in [2.75, 3.05) is 5.73 Å². The molecule has 4 N–H and O–H groups in total. The summed E-state index contributed by atoms with van der Waals surface area (Å²) in [6.07, 6.45) is 0. The first-order valence-electron chi connectivity index (χ1n) is 5.30. The largest absolute Gasteiger partial charge is 0.397 e. The minimum atomic E-state index is -0.558. The van der Waals surface area contributed by atoms with E-state index in [9.17, 15) is 4.79 Å². The Hall–Kier alpha value is -1.36. The van der Waals surface area contributed by atoms with Crippen molar-refractivity contribution >= 4 is 46.6 Å². The summed E-state index contributed by atoms with van der Waals surface area (Å²) in [4.78, 5) is 12.7. The molecule has 0 radical (unpaired) electrons. The molecule has 0 bridgehead atoms. The van der Waals surface area contributed by atoms with E-state index in [0.717, 1.165) is 4.90 Å². The van der Waals surface area contributed by atoms with E-state index in [1.807, 2.05) is 0 Å². The van der Waals surface area contributed by atoms with Gasteiger partial charge in [0.1, 0.15) is 0 Å². The fraction of sp³-hybridized carbons (Fsp3) is 0. The first-order valence-corrected chi connectivity index (χ1v) is 6.87. The molecule has 0 saturated heterocycles. The van der Waals surface area contributed by atoms with Crippen LogP contribution in [0.5, 0.6) is 0 Å². The van der Waals surface area contributed by atoms with E-state index in [2.05, 4.69) is 0 Å². The molecule has 0 atom stereocenters. The van der Waals surface area contributed by atoms with Gasteiger partial charge in [-0.15, -0.1) is 0 Å². The Labute approximate surface area is 124 Å². The number of nitrogen functional groups attached to an aromatic ring is 1. The van der Waals surface area contributed by atoms with Gasteiger partial charge in [0.2, 0.25) is 0 Å². The fourth-order valence-corrected chi connectivity index (χ4v) is 2.95. The van der Waals surface area contributed by atoms with Crippen LogP contribution in [0.2, 0.25) is 10.0 Å². The van der Waals surface area contributed by atoms with Gasteiger partial charge in [0, 0.05) is 14.8 Å². The molecule has 6 heteroatoms. The summed E-state index contributed by atoms with van der Waals surface area (Å²) in [7, 11) is 0. The fourth-order valence-electron chi connectivity index (χ4n) is 1.52. The van der Waals surface area contributed by atoms with Crippen LogP contribution in [0, 0.1) is 0 Å². The van der Waals surface area contributed by atoms with Crippen LogP contribution in [0.4, 0.5) is 5.69 Å². The van der Waals surface area contributed by atoms with Crippen LogP contribution in [0.25, 0.3) is 0 Å². The number of anilines is 1. The van der Waals surface area contributed by atoms with Crippen molar-refractivity contribution < 1.29 is 4.79 Å². The summed E-state index contributed by atoms with van der Waals surface area (Å²) in [5, 5.41) is 1.15. The summed E-state index contributed by atoms with van der Waals surface area (Å²) in [5.74, 6) is -0.558. The van der Waals surface area contributed by atoms with Gasteiger partial charge >= 0.3 is 0 Å². The van der Waals surface area contributed by atoms with Crippen LogP contribution in [0.1, 0.15) is 10.4 Å². The third kappa shape index (κ3) is 3.15. The van der Waals surface area contributed by atoms with Gasteiger partial charge in [0.15, 0.2) is 0 Å². The van der Waals surface area contributed by atoms with Gasteiger partial charge in [-0.05, 0) is 30.3 Å². The number of carbonyl (C=O) groups excluding carboxylic acids is 1. The minimum Gasteiger partial charge on any atom is -0.397 e. The molecule has 0 saturated carbocycles. The second-order valence-electron chi connectivity index (χ2n) is 3.76. The summed E-state index contributed by atoms with van der Waals surface area (Å²) < 4.78 is 0. The molecular weight excluding hydrogens is 303 g/mol. The highest BCUT2D eigenvalue weighted by Crippen LogP contribution is 2.38. The Kier molecular flexibility index (Phi) is 4.24. The van der Waals surface area contributed by atoms with Gasteiger partial charge < -0.3 is 11.5 Å². The van der Waals surface area contributed by atoms with E-state index in [1.165, 1.54) is 11.8 Å². The second-order valence-corrected chi connectivity index (χ2v) is 5.69. The summed E-state index contributed by atoms with van der Waals surface area (Å²) in [6.45, 7) is 0. The first-order chi connectivity index (χ1) is 8.99. The lowest BCUT2D eigenvalue weighted by atomic mass is 10.2. The van der Waals surface area contributed by atoms with E-state index in [1.54, 1.807) is 36.4 Å². The molecule has 98 valence electrons. The molecule has 19 heavy (non-hydrogen) atoms. The lowest BCUT2D eigenvalue weighted by Crippen LogP contribution is -2.13. The van der Waals surface area contributed by atoms with E-state index in [-0.39, 0.29) is 0 Å². The maximum Gasteiger partial charge on any atom is 0.250 e. The maximum absolute atomic E-state index is 11.2. The number of carbonyl (C=O) groups is 1. The van der Waals surface area contributed by atoms with E-state index < -0.39 is 5.91 Å². The van der Waals surface area contributed by atoms with Crippen molar-refractivity contribution in [1.29, 1.82) is 0 Å². The molecule has 0 aliphatic rings. The Morgan fingerprint density at radius 1 is 1.11 bits per heavy atom. The maximum atomic E-state index is 11.2. The number of hydrogen-bond acceptors (Lipinski definition) is 3. The molecule has 0 heterocycles. The lowest BCUT2D eigenvalue weighted by molar-refractivity contribution is 0.100.